The molecule has 0 amide bonds. The maximum absolute atomic E-state index is 6.25. The monoisotopic (exact) mass is 239 g/mol. The Balaban J connectivity index is 2.81. The van der Waals surface area contributed by atoms with Crippen molar-refractivity contribution in [2.24, 2.45) is 0 Å². The molecule has 1 aromatic carbocycles. The Morgan fingerprint density at radius 2 is 1.94 bits per heavy atom. The molecule has 2 heteroatoms. The van der Waals surface area contributed by atoms with Crippen LogP contribution in [0, 0.1) is 0 Å². The van der Waals surface area contributed by atoms with E-state index in [0.717, 1.165) is 18.0 Å². The van der Waals surface area contributed by atoms with Crippen molar-refractivity contribution in [2.75, 3.05) is 6.54 Å². The van der Waals surface area contributed by atoms with Crippen molar-refractivity contribution in [3.8, 4) is 0 Å². The molecule has 0 aliphatic rings. The van der Waals surface area contributed by atoms with Crippen LogP contribution in [0.15, 0.2) is 24.3 Å². The van der Waals surface area contributed by atoms with E-state index in [0.29, 0.717) is 6.04 Å². The molecule has 0 aliphatic heterocycles. The van der Waals surface area contributed by atoms with Crippen molar-refractivity contribution in [1.29, 1.82) is 0 Å². The highest BCUT2D eigenvalue weighted by Gasteiger charge is 2.24. The Morgan fingerprint density at radius 1 is 1.31 bits per heavy atom. The third kappa shape index (κ3) is 3.50. The molecule has 0 aliphatic carbocycles. The van der Waals surface area contributed by atoms with Crippen LogP contribution in [0.4, 0.5) is 0 Å². The van der Waals surface area contributed by atoms with E-state index >= 15 is 0 Å². The molecule has 1 rings (SSSR count). The molecule has 0 fully saturated rings. The van der Waals surface area contributed by atoms with Gasteiger partial charge in [0.25, 0.3) is 0 Å². The van der Waals surface area contributed by atoms with Gasteiger partial charge in [-0.1, -0.05) is 50.6 Å². The van der Waals surface area contributed by atoms with Crippen molar-refractivity contribution >= 4 is 11.6 Å². The summed E-state index contributed by atoms with van der Waals surface area (Å²) in [5.74, 6) is 0. The second-order valence-corrected chi connectivity index (χ2v) is 5.43. The van der Waals surface area contributed by atoms with E-state index in [9.17, 15) is 0 Å². The number of hydrogen-bond donors (Lipinski definition) is 1. The topological polar surface area (TPSA) is 12.0 Å². The molecule has 16 heavy (non-hydrogen) atoms. The molecule has 1 unspecified atom stereocenters. The van der Waals surface area contributed by atoms with Crippen LogP contribution in [-0.2, 0) is 5.41 Å². The highest BCUT2D eigenvalue weighted by molar-refractivity contribution is 6.31. The van der Waals surface area contributed by atoms with E-state index in [-0.39, 0.29) is 5.41 Å². The highest BCUT2D eigenvalue weighted by Crippen LogP contribution is 2.33. The minimum absolute atomic E-state index is 0.111. The molecule has 0 heterocycles. The maximum Gasteiger partial charge on any atom is 0.0443 e. The quantitative estimate of drug-likeness (QED) is 0.819. The third-order valence-corrected chi connectivity index (χ3v) is 3.30. The summed E-state index contributed by atoms with van der Waals surface area (Å²) in [6.07, 6.45) is 1.09. The molecule has 0 saturated carbocycles. The lowest BCUT2D eigenvalue weighted by Crippen LogP contribution is -2.33. The normalized spacial score (nSPS) is 13.8. The van der Waals surface area contributed by atoms with Gasteiger partial charge in [0, 0.05) is 11.1 Å². The van der Waals surface area contributed by atoms with Crippen LogP contribution in [-0.4, -0.2) is 12.6 Å². The molecule has 0 radical (unpaired) electrons. The molecule has 90 valence electrons. The Labute approximate surface area is 104 Å². The number of nitrogens with one attached hydrogen (secondary N) is 1. The summed E-state index contributed by atoms with van der Waals surface area (Å²) < 4.78 is 0. The first kappa shape index (κ1) is 13.5. The first-order valence-electron chi connectivity index (χ1n) is 5.95. The molecule has 1 aromatic rings. The zero-order valence-electron chi connectivity index (χ0n) is 10.7. The Morgan fingerprint density at radius 3 is 2.50 bits per heavy atom. The molecular formula is C14H22ClN. The molecule has 0 spiro atoms. The van der Waals surface area contributed by atoms with Crippen molar-refractivity contribution in [3.05, 3.63) is 34.9 Å². The second kappa shape index (κ2) is 5.70. The van der Waals surface area contributed by atoms with Gasteiger partial charge in [0.15, 0.2) is 0 Å². The Kier molecular flexibility index (Phi) is 4.82. The van der Waals surface area contributed by atoms with Gasteiger partial charge >= 0.3 is 0 Å². The minimum atomic E-state index is 0.111. The summed E-state index contributed by atoms with van der Waals surface area (Å²) in [6, 6.07) is 8.64. The average Bonchev–Trinajstić information content (AvgIpc) is 2.17. The van der Waals surface area contributed by atoms with Crippen LogP contribution in [0.5, 0.6) is 0 Å². The molecule has 1 nitrogen and oxygen atoms in total. The zero-order valence-corrected chi connectivity index (χ0v) is 11.4. The van der Waals surface area contributed by atoms with E-state index < -0.39 is 0 Å². The predicted molar refractivity (Wildman–Crippen MR) is 72.2 cm³/mol. The largest absolute Gasteiger partial charge is 0.315 e. The van der Waals surface area contributed by atoms with Crippen LogP contribution in [0.2, 0.25) is 5.02 Å². The van der Waals surface area contributed by atoms with Crippen LogP contribution in [0.1, 0.15) is 39.7 Å². The Bertz CT molecular complexity index is 333. The van der Waals surface area contributed by atoms with Crippen molar-refractivity contribution in [3.63, 3.8) is 0 Å². The van der Waals surface area contributed by atoms with Gasteiger partial charge in [-0.2, -0.15) is 0 Å². The van der Waals surface area contributed by atoms with Gasteiger partial charge in [0.2, 0.25) is 0 Å². The van der Waals surface area contributed by atoms with E-state index in [1.807, 2.05) is 12.1 Å². The second-order valence-electron chi connectivity index (χ2n) is 5.03. The molecule has 1 atom stereocenters. The summed E-state index contributed by atoms with van der Waals surface area (Å²) in [7, 11) is 0. The lowest BCUT2D eigenvalue weighted by molar-refractivity contribution is 0.394. The van der Waals surface area contributed by atoms with Gasteiger partial charge < -0.3 is 5.32 Å². The van der Waals surface area contributed by atoms with Crippen LogP contribution >= 0.6 is 11.6 Å². The predicted octanol–water partition coefficient (Wildman–Crippen LogP) is 4.01. The highest BCUT2D eigenvalue weighted by atomic mass is 35.5. The smallest absolute Gasteiger partial charge is 0.0443 e. The zero-order chi connectivity index (χ0) is 12.2. The Hall–Kier alpha value is -0.530. The fraction of sp³-hybridized carbons (Fsp3) is 0.571. The SMILES string of the molecule is CCNC(C)CC(C)(C)c1ccccc1Cl. The molecular weight excluding hydrogens is 218 g/mol. The summed E-state index contributed by atoms with van der Waals surface area (Å²) in [6.45, 7) is 9.88. The van der Waals surface area contributed by atoms with Crippen molar-refractivity contribution in [2.45, 2.75) is 45.6 Å². The van der Waals surface area contributed by atoms with E-state index in [2.05, 4.69) is 45.1 Å². The lowest BCUT2D eigenvalue weighted by Gasteiger charge is -2.29. The van der Waals surface area contributed by atoms with Crippen LogP contribution in [0.25, 0.3) is 0 Å². The standard InChI is InChI=1S/C14H22ClN/c1-5-16-11(2)10-14(3,4)12-8-6-7-9-13(12)15/h6-9,11,16H,5,10H2,1-4H3. The molecule has 0 aromatic heterocycles. The molecule has 0 saturated heterocycles. The van der Waals surface area contributed by atoms with Gasteiger partial charge in [-0.3, -0.25) is 0 Å². The van der Waals surface area contributed by atoms with Gasteiger partial charge in [-0.25, -0.2) is 0 Å². The number of halogens is 1. The maximum atomic E-state index is 6.25. The number of hydrogen-bond acceptors (Lipinski definition) is 1. The van der Waals surface area contributed by atoms with Gasteiger partial charge in [0.1, 0.15) is 0 Å². The summed E-state index contributed by atoms with van der Waals surface area (Å²) >= 11 is 6.25. The van der Waals surface area contributed by atoms with Gasteiger partial charge in [-0.15, -0.1) is 0 Å². The van der Waals surface area contributed by atoms with Crippen molar-refractivity contribution in [1.82, 2.24) is 5.32 Å². The fourth-order valence-corrected chi connectivity index (χ4v) is 2.70. The first-order valence-corrected chi connectivity index (χ1v) is 6.33. The van der Waals surface area contributed by atoms with Crippen LogP contribution < -0.4 is 5.32 Å². The molecule has 0 bridgehead atoms. The van der Waals surface area contributed by atoms with Crippen molar-refractivity contribution < 1.29 is 0 Å². The summed E-state index contributed by atoms with van der Waals surface area (Å²) in [5, 5.41) is 4.32. The van der Waals surface area contributed by atoms with E-state index in [4.69, 9.17) is 11.6 Å². The first-order chi connectivity index (χ1) is 7.47. The van der Waals surface area contributed by atoms with Crippen LogP contribution in [0.3, 0.4) is 0 Å². The minimum Gasteiger partial charge on any atom is -0.315 e. The number of rotatable bonds is 5. The third-order valence-electron chi connectivity index (χ3n) is 2.97. The lowest BCUT2D eigenvalue weighted by atomic mass is 9.79. The average molecular weight is 240 g/mol. The number of benzene rings is 1. The fourth-order valence-electron chi connectivity index (χ4n) is 2.31. The molecule has 1 N–H and O–H groups in total. The van der Waals surface area contributed by atoms with Gasteiger partial charge in [-0.05, 0) is 36.9 Å². The van der Waals surface area contributed by atoms with E-state index in [1.54, 1.807) is 0 Å². The summed E-state index contributed by atoms with van der Waals surface area (Å²) in [5.41, 5.74) is 1.35. The summed E-state index contributed by atoms with van der Waals surface area (Å²) in [4.78, 5) is 0. The van der Waals surface area contributed by atoms with Gasteiger partial charge in [0.05, 0.1) is 0 Å². The van der Waals surface area contributed by atoms with E-state index in [1.165, 1.54) is 5.56 Å².